The quantitative estimate of drug-likeness (QED) is 0.690. The van der Waals surface area contributed by atoms with Crippen molar-refractivity contribution in [2.45, 2.75) is 0 Å². The van der Waals surface area contributed by atoms with Crippen LogP contribution in [-0.2, 0) is 0 Å². The second kappa shape index (κ2) is 5.67. The molecular formula is C12H8IN5OS. The van der Waals surface area contributed by atoms with Crippen LogP contribution in [0.3, 0.4) is 0 Å². The molecule has 0 fully saturated rings. The molecule has 1 amide bonds. The zero-order valence-electron chi connectivity index (χ0n) is 10.0. The maximum atomic E-state index is 12.2. The molecule has 0 aliphatic rings. The molecule has 0 bridgehead atoms. The summed E-state index contributed by atoms with van der Waals surface area (Å²) in [7, 11) is 0. The van der Waals surface area contributed by atoms with E-state index >= 15 is 0 Å². The number of anilines is 1. The number of thiophene rings is 1. The molecule has 100 valence electrons. The maximum absolute atomic E-state index is 12.2. The number of hydrogen-bond acceptors (Lipinski definition) is 5. The molecule has 0 spiro atoms. The number of hydrogen-bond donors (Lipinski definition) is 1. The van der Waals surface area contributed by atoms with Gasteiger partial charge in [-0.3, -0.25) is 4.79 Å². The lowest BCUT2D eigenvalue weighted by atomic mass is 10.2. The lowest BCUT2D eigenvalue weighted by Crippen LogP contribution is -2.13. The number of halogens is 1. The Kier molecular flexibility index (Phi) is 3.74. The predicted octanol–water partition coefficient (Wildman–Crippen LogP) is 2.58. The number of nitrogens with one attached hydrogen (secondary N) is 1. The van der Waals surface area contributed by atoms with Crippen molar-refractivity contribution >= 4 is 45.5 Å². The van der Waals surface area contributed by atoms with Gasteiger partial charge in [0, 0.05) is 5.38 Å². The van der Waals surface area contributed by atoms with Gasteiger partial charge in [0.2, 0.25) is 0 Å². The van der Waals surface area contributed by atoms with E-state index in [0.717, 1.165) is 8.57 Å². The number of aromatic nitrogens is 4. The normalized spacial score (nSPS) is 10.4. The summed E-state index contributed by atoms with van der Waals surface area (Å²) in [4.78, 5) is 12.2. The number of para-hydroxylation sites is 2. The Morgan fingerprint density at radius 3 is 2.90 bits per heavy atom. The highest BCUT2D eigenvalue weighted by atomic mass is 127. The third kappa shape index (κ3) is 2.70. The molecule has 3 rings (SSSR count). The van der Waals surface area contributed by atoms with Gasteiger partial charge in [0.15, 0.2) is 0 Å². The van der Waals surface area contributed by atoms with Crippen LogP contribution in [0.1, 0.15) is 10.4 Å². The molecule has 0 radical (unpaired) electrons. The minimum atomic E-state index is -0.148. The van der Waals surface area contributed by atoms with E-state index in [1.54, 1.807) is 0 Å². The van der Waals surface area contributed by atoms with Gasteiger partial charge in [0.05, 0.1) is 19.8 Å². The monoisotopic (exact) mass is 397 g/mol. The van der Waals surface area contributed by atoms with Gasteiger partial charge >= 0.3 is 0 Å². The first-order valence-electron chi connectivity index (χ1n) is 5.62. The van der Waals surface area contributed by atoms with Crippen LogP contribution >= 0.6 is 33.9 Å². The van der Waals surface area contributed by atoms with Crippen molar-refractivity contribution in [1.82, 2.24) is 20.2 Å². The molecule has 2 heterocycles. The minimum absolute atomic E-state index is 0.148. The Morgan fingerprint density at radius 1 is 1.35 bits per heavy atom. The molecule has 0 saturated carbocycles. The zero-order chi connectivity index (χ0) is 13.9. The molecule has 8 heteroatoms. The average Bonchev–Trinajstić information content (AvgIpc) is 3.10. The van der Waals surface area contributed by atoms with Crippen molar-refractivity contribution in [3.63, 3.8) is 0 Å². The number of rotatable bonds is 3. The fraction of sp³-hybridized carbons (Fsp3) is 0. The number of amides is 1. The lowest BCUT2D eigenvalue weighted by molar-refractivity contribution is 0.102. The van der Waals surface area contributed by atoms with Crippen LogP contribution in [-0.4, -0.2) is 26.1 Å². The van der Waals surface area contributed by atoms with Gasteiger partial charge in [0.1, 0.15) is 6.33 Å². The highest BCUT2D eigenvalue weighted by Crippen LogP contribution is 2.21. The highest BCUT2D eigenvalue weighted by molar-refractivity contribution is 14.1. The second-order valence-electron chi connectivity index (χ2n) is 3.87. The first kappa shape index (κ1) is 13.2. The average molecular weight is 397 g/mol. The Morgan fingerprint density at radius 2 is 2.20 bits per heavy atom. The molecule has 6 nitrogen and oxygen atoms in total. The van der Waals surface area contributed by atoms with Crippen molar-refractivity contribution in [2.24, 2.45) is 0 Å². The molecular weight excluding hydrogens is 389 g/mol. The van der Waals surface area contributed by atoms with E-state index in [1.807, 2.05) is 35.7 Å². The summed E-state index contributed by atoms with van der Waals surface area (Å²) in [6.45, 7) is 0. The van der Waals surface area contributed by atoms with E-state index < -0.39 is 0 Å². The topological polar surface area (TPSA) is 72.7 Å². The molecule has 0 aliphatic carbocycles. The SMILES string of the molecule is O=C(Nc1ccccc1-n1cnnn1)c1csc(I)c1. The largest absolute Gasteiger partial charge is 0.320 e. The van der Waals surface area contributed by atoms with E-state index in [0.29, 0.717) is 11.3 Å². The summed E-state index contributed by atoms with van der Waals surface area (Å²) in [6, 6.07) is 9.21. The van der Waals surface area contributed by atoms with Gasteiger partial charge in [-0.1, -0.05) is 12.1 Å². The van der Waals surface area contributed by atoms with Crippen molar-refractivity contribution in [2.75, 3.05) is 5.32 Å². The Labute approximate surface area is 132 Å². The van der Waals surface area contributed by atoms with E-state index in [-0.39, 0.29) is 5.91 Å². The number of carbonyl (C=O) groups is 1. The third-order valence-corrected chi connectivity index (χ3v) is 4.37. The molecule has 1 N–H and O–H groups in total. The smallest absolute Gasteiger partial charge is 0.256 e. The first-order valence-corrected chi connectivity index (χ1v) is 7.57. The summed E-state index contributed by atoms with van der Waals surface area (Å²) in [5.41, 5.74) is 2.02. The molecule has 0 aliphatic heterocycles. The summed E-state index contributed by atoms with van der Waals surface area (Å²) >= 11 is 3.72. The fourth-order valence-corrected chi connectivity index (χ4v) is 3.00. The van der Waals surface area contributed by atoms with Crippen LogP contribution in [0.4, 0.5) is 5.69 Å². The summed E-state index contributed by atoms with van der Waals surface area (Å²) in [5, 5.41) is 15.7. The first-order chi connectivity index (χ1) is 9.74. The molecule has 0 atom stereocenters. The van der Waals surface area contributed by atoms with Gasteiger partial charge < -0.3 is 5.32 Å². The van der Waals surface area contributed by atoms with Crippen molar-refractivity contribution in [3.05, 3.63) is 50.5 Å². The van der Waals surface area contributed by atoms with Gasteiger partial charge in [-0.25, -0.2) is 0 Å². The molecule has 1 aromatic carbocycles. The van der Waals surface area contributed by atoms with Crippen LogP contribution in [0, 0.1) is 2.88 Å². The fourth-order valence-electron chi connectivity index (χ4n) is 1.67. The molecule has 0 saturated heterocycles. The number of carbonyl (C=O) groups excluding carboxylic acids is 1. The zero-order valence-corrected chi connectivity index (χ0v) is 13.0. The Bertz CT molecular complexity index is 740. The Hall–Kier alpha value is -1.81. The molecule has 2 aromatic heterocycles. The van der Waals surface area contributed by atoms with Gasteiger partial charge in [0.25, 0.3) is 5.91 Å². The Balaban J connectivity index is 1.90. The number of tetrazole rings is 1. The highest BCUT2D eigenvalue weighted by Gasteiger charge is 2.11. The van der Waals surface area contributed by atoms with E-state index in [9.17, 15) is 4.79 Å². The molecule has 20 heavy (non-hydrogen) atoms. The predicted molar refractivity (Wildman–Crippen MR) is 84.1 cm³/mol. The van der Waals surface area contributed by atoms with Gasteiger partial charge in [-0.2, -0.15) is 4.68 Å². The summed E-state index contributed by atoms with van der Waals surface area (Å²) in [5.74, 6) is -0.148. The number of nitrogens with zero attached hydrogens (tertiary/aromatic N) is 4. The lowest BCUT2D eigenvalue weighted by Gasteiger charge is -2.09. The van der Waals surface area contributed by atoms with Gasteiger partial charge in [-0.15, -0.1) is 16.4 Å². The number of benzene rings is 1. The second-order valence-corrected chi connectivity index (χ2v) is 6.67. The third-order valence-electron chi connectivity index (χ3n) is 2.58. The van der Waals surface area contributed by atoms with Crippen molar-refractivity contribution in [3.8, 4) is 5.69 Å². The van der Waals surface area contributed by atoms with Crippen molar-refractivity contribution < 1.29 is 4.79 Å². The maximum Gasteiger partial charge on any atom is 0.256 e. The standard InChI is InChI=1S/C12H8IN5OS/c13-11-5-8(6-20-11)12(19)15-9-3-1-2-4-10(9)18-7-14-16-17-18/h1-7H,(H,15,19). The van der Waals surface area contributed by atoms with E-state index in [2.05, 4.69) is 43.4 Å². The summed E-state index contributed by atoms with van der Waals surface area (Å²) < 4.78 is 2.58. The van der Waals surface area contributed by atoms with Crippen LogP contribution in [0.15, 0.2) is 42.0 Å². The van der Waals surface area contributed by atoms with Crippen LogP contribution in [0.2, 0.25) is 0 Å². The van der Waals surface area contributed by atoms with E-state index in [4.69, 9.17) is 0 Å². The molecule has 0 unspecified atom stereocenters. The van der Waals surface area contributed by atoms with Crippen LogP contribution < -0.4 is 5.32 Å². The molecule has 3 aromatic rings. The van der Waals surface area contributed by atoms with E-state index in [1.165, 1.54) is 22.3 Å². The van der Waals surface area contributed by atoms with Crippen molar-refractivity contribution in [1.29, 1.82) is 0 Å². The minimum Gasteiger partial charge on any atom is -0.320 e. The van der Waals surface area contributed by atoms with Crippen LogP contribution in [0.25, 0.3) is 5.69 Å². The van der Waals surface area contributed by atoms with Gasteiger partial charge in [-0.05, 0) is 51.2 Å². The summed E-state index contributed by atoms with van der Waals surface area (Å²) in [6.07, 6.45) is 1.48. The van der Waals surface area contributed by atoms with Crippen LogP contribution in [0.5, 0.6) is 0 Å².